The second kappa shape index (κ2) is 11.9. The van der Waals surface area contributed by atoms with Crippen LogP contribution in [0.5, 0.6) is 0 Å². The van der Waals surface area contributed by atoms with Gasteiger partial charge in [-0.2, -0.15) is 0 Å². The zero-order valence-electron chi connectivity index (χ0n) is 23.0. The summed E-state index contributed by atoms with van der Waals surface area (Å²) in [5.74, 6) is -0.274. The van der Waals surface area contributed by atoms with Crippen molar-refractivity contribution in [2.45, 2.75) is 27.7 Å². The van der Waals surface area contributed by atoms with E-state index < -0.39 is 0 Å². The Morgan fingerprint density at radius 2 is 1.82 bits per heavy atom. The Kier molecular flexibility index (Phi) is 8.35. The molecule has 0 atom stereocenters. The van der Waals surface area contributed by atoms with Gasteiger partial charge in [0, 0.05) is 56.7 Å². The van der Waals surface area contributed by atoms with Gasteiger partial charge in [-0.05, 0) is 62.8 Å². The minimum absolute atomic E-state index is 0.105. The number of aromatic nitrogens is 2. The third-order valence-electron chi connectivity index (χ3n) is 7.29. The molecule has 206 valence electrons. The van der Waals surface area contributed by atoms with Crippen molar-refractivity contribution in [1.29, 1.82) is 0 Å². The molecule has 7 nitrogen and oxygen atoms in total. The van der Waals surface area contributed by atoms with E-state index in [4.69, 9.17) is 4.98 Å². The molecule has 3 heterocycles. The fraction of sp³-hybridized carbons (Fsp3) is 0.258. The van der Waals surface area contributed by atoms with Crippen LogP contribution in [0.15, 0.2) is 52.3 Å². The maximum Gasteiger partial charge on any atom is 0.256 e. The van der Waals surface area contributed by atoms with E-state index in [-0.39, 0.29) is 11.8 Å². The van der Waals surface area contributed by atoms with Gasteiger partial charge in [0.1, 0.15) is 5.01 Å². The molecule has 0 saturated heterocycles. The Labute approximate surface area is 246 Å². The third kappa shape index (κ3) is 5.68. The molecule has 2 aromatic carbocycles. The van der Waals surface area contributed by atoms with Crippen LogP contribution in [0.25, 0.3) is 33.5 Å². The van der Waals surface area contributed by atoms with Crippen LogP contribution in [-0.2, 0) is 4.79 Å². The summed E-state index contributed by atoms with van der Waals surface area (Å²) in [6, 6.07) is 14.0. The van der Waals surface area contributed by atoms with Crippen molar-refractivity contribution in [3.63, 3.8) is 0 Å². The first kappa shape index (κ1) is 28.0. The lowest BCUT2D eigenvalue weighted by Gasteiger charge is -2.18. The van der Waals surface area contributed by atoms with Crippen molar-refractivity contribution < 1.29 is 9.59 Å². The molecule has 4 aromatic rings. The maximum absolute atomic E-state index is 13.0. The van der Waals surface area contributed by atoms with E-state index in [1.54, 1.807) is 11.3 Å². The number of halogens is 1. The van der Waals surface area contributed by atoms with Crippen molar-refractivity contribution in [3.8, 4) is 21.8 Å². The molecule has 0 saturated carbocycles. The van der Waals surface area contributed by atoms with Gasteiger partial charge in [-0.25, -0.2) is 4.98 Å². The number of carbonyl (C=O) groups excluding carboxylic acids is 2. The first-order valence-electron chi connectivity index (χ1n) is 13.4. The third-order valence-corrected chi connectivity index (χ3v) is 8.71. The summed E-state index contributed by atoms with van der Waals surface area (Å²) in [6.07, 6.45) is 1.84. The number of benzene rings is 2. The van der Waals surface area contributed by atoms with E-state index in [9.17, 15) is 9.59 Å². The Morgan fingerprint density at radius 1 is 1.10 bits per heavy atom. The lowest BCUT2D eigenvalue weighted by atomic mass is 10.0. The predicted molar refractivity (Wildman–Crippen MR) is 168 cm³/mol. The van der Waals surface area contributed by atoms with Crippen LogP contribution in [0.4, 0.5) is 5.69 Å². The zero-order chi connectivity index (χ0) is 28.4. The average Bonchev–Trinajstić information content (AvgIpc) is 3.63. The number of thiazole rings is 1. The fourth-order valence-corrected chi connectivity index (χ4v) is 6.08. The number of nitrogens with one attached hydrogen (secondary N) is 3. The number of aromatic amines is 1. The summed E-state index contributed by atoms with van der Waals surface area (Å²) >= 11 is 5.07. The van der Waals surface area contributed by atoms with E-state index in [0.717, 1.165) is 74.1 Å². The van der Waals surface area contributed by atoms with E-state index >= 15 is 0 Å². The molecule has 0 spiro atoms. The van der Waals surface area contributed by atoms with Crippen molar-refractivity contribution in [1.82, 2.24) is 20.2 Å². The van der Waals surface area contributed by atoms with Crippen LogP contribution in [0.3, 0.4) is 0 Å². The van der Waals surface area contributed by atoms with Gasteiger partial charge in [-0.3, -0.25) is 9.59 Å². The van der Waals surface area contributed by atoms with Crippen molar-refractivity contribution in [2.24, 2.45) is 0 Å². The normalized spacial score (nSPS) is 13.7. The van der Waals surface area contributed by atoms with E-state index in [1.807, 2.05) is 67.8 Å². The van der Waals surface area contributed by atoms with Gasteiger partial charge in [-0.1, -0.05) is 48.0 Å². The fourth-order valence-electron chi connectivity index (χ4n) is 4.98. The van der Waals surface area contributed by atoms with Crippen molar-refractivity contribution in [2.75, 3.05) is 31.5 Å². The van der Waals surface area contributed by atoms with Gasteiger partial charge in [0.05, 0.1) is 16.8 Å². The van der Waals surface area contributed by atoms with Crippen molar-refractivity contribution in [3.05, 3.63) is 80.4 Å². The standard InChI is InChI=1S/C31H32BrN5O2S/c1-5-37(6-2)14-13-33-30(39)28-18(3)26(34-19(28)4)16-24-23-15-21(9-12-25(23)35-29(24)38)27-17-40-31(36-27)20-7-10-22(32)11-8-20/h7-12,15-17,34H,5-6,13-14H2,1-4H3,(H,33,39)(H,35,38). The molecule has 40 heavy (non-hydrogen) atoms. The molecule has 0 fully saturated rings. The molecule has 1 aliphatic rings. The summed E-state index contributed by atoms with van der Waals surface area (Å²) < 4.78 is 1.03. The smallest absolute Gasteiger partial charge is 0.256 e. The number of carbonyl (C=O) groups is 2. The SMILES string of the molecule is CCN(CC)CCNC(=O)c1c(C)[nH]c(C=C2C(=O)Nc3ccc(-c4csc(-c5ccc(Br)cc5)n4)cc32)c1C. The number of hydrogen-bond donors (Lipinski definition) is 3. The van der Waals surface area contributed by atoms with Gasteiger partial charge in [-0.15, -0.1) is 11.3 Å². The van der Waals surface area contributed by atoms with Crippen LogP contribution in [0.1, 0.15) is 46.7 Å². The number of amides is 2. The molecule has 2 amide bonds. The number of H-pyrrole nitrogens is 1. The number of fused-ring (bicyclic) bond motifs is 1. The molecule has 0 aliphatic carbocycles. The molecule has 0 radical (unpaired) electrons. The van der Waals surface area contributed by atoms with Crippen LogP contribution in [0.2, 0.25) is 0 Å². The van der Waals surface area contributed by atoms with E-state index in [2.05, 4.69) is 50.3 Å². The van der Waals surface area contributed by atoms with Crippen molar-refractivity contribution >= 4 is 56.4 Å². The van der Waals surface area contributed by atoms with Gasteiger partial charge in [0.15, 0.2) is 0 Å². The molecule has 9 heteroatoms. The number of hydrogen-bond acceptors (Lipinski definition) is 5. The van der Waals surface area contributed by atoms with Crippen LogP contribution in [-0.4, -0.2) is 52.9 Å². The van der Waals surface area contributed by atoms with Gasteiger partial charge in [0.2, 0.25) is 0 Å². The maximum atomic E-state index is 13.0. The van der Waals surface area contributed by atoms with Gasteiger partial charge >= 0.3 is 0 Å². The summed E-state index contributed by atoms with van der Waals surface area (Å²) in [7, 11) is 0. The Morgan fingerprint density at radius 3 is 2.55 bits per heavy atom. The van der Waals surface area contributed by atoms with Crippen LogP contribution < -0.4 is 10.6 Å². The molecule has 0 unspecified atom stereocenters. The first-order chi connectivity index (χ1) is 19.3. The minimum atomic E-state index is -0.169. The van der Waals surface area contributed by atoms with Gasteiger partial charge in [0.25, 0.3) is 11.8 Å². The highest BCUT2D eigenvalue weighted by Gasteiger charge is 2.26. The number of aryl methyl sites for hydroxylation is 1. The molecule has 2 aromatic heterocycles. The summed E-state index contributed by atoms with van der Waals surface area (Å²) in [5, 5.41) is 8.99. The highest BCUT2D eigenvalue weighted by atomic mass is 79.9. The second-order valence-electron chi connectivity index (χ2n) is 9.76. The quantitative estimate of drug-likeness (QED) is 0.181. The monoisotopic (exact) mass is 617 g/mol. The number of likely N-dealkylation sites (N-methyl/N-ethyl adjacent to an activating group) is 1. The molecule has 5 rings (SSSR count). The Hall–Kier alpha value is -3.53. The summed E-state index contributed by atoms with van der Waals surface area (Å²) in [5.41, 5.74) is 7.97. The lowest BCUT2D eigenvalue weighted by Crippen LogP contribution is -2.35. The summed E-state index contributed by atoms with van der Waals surface area (Å²) in [6.45, 7) is 11.3. The molecule has 1 aliphatic heterocycles. The highest BCUT2D eigenvalue weighted by molar-refractivity contribution is 9.10. The van der Waals surface area contributed by atoms with Crippen LogP contribution >= 0.6 is 27.3 Å². The molecule has 3 N–H and O–H groups in total. The largest absolute Gasteiger partial charge is 0.358 e. The molecular formula is C31H32BrN5O2S. The topological polar surface area (TPSA) is 90.1 Å². The van der Waals surface area contributed by atoms with E-state index in [0.29, 0.717) is 17.7 Å². The average molecular weight is 619 g/mol. The predicted octanol–water partition coefficient (Wildman–Crippen LogP) is 6.75. The first-order valence-corrected chi connectivity index (χ1v) is 15.0. The summed E-state index contributed by atoms with van der Waals surface area (Å²) in [4.78, 5) is 36.5. The highest BCUT2D eigenvalue weighted by Crippen LogP contribution is 2.38. The second-order valence-corrected chi connectivity index (χ2v) is 11.5. The zero-order valence-corrected chi connectivity index (χ0v) is 25.4. The number of nitrogens with zero attached hydrogens (tertiary/aromatic N) is 2. The Bertz CT molecular complexity index is 1600. The Balaban J connectivity index is 1.40. The number of anilines is 1. The molecule has 0 bridgehead atoms. The number of rotatable bonds is 9. The van der Waals surface area contributed by atoms with Gasteiger partial charge < -0.3 is 20.5 Å². The van der Waals surface area contributed by atoms with E-state index in [1.165, 1.54) is 0 Å². The van der Waals surface area contributed by atoms with Crippen LogP contribution in [0, 0.1) is 13.8 Å². The lowest BCUT2D eigenvalue weighted by molar-refractivity contribution is -0.110. The minimum Gasteiger partial charge on any atom is -0.358 e. The molecular weight excluding hydrogens is 586 g/mol.